The van der Waals surface area contributed by atoms with Crippen molar-refractivity contribution in [2.75, 3.05) is 15.8 Å². The van der Waals surface area contributed by atoms with Crippen molar-refractivity contribution in [3.8, 4) is 0 Å². The average Bonchev–Trinajstić information content (AvgIpc) is 2.84. The summed E-state index contributed by atoms with van der Waals surface area (Å²) in [6.07, 6.45) is -2.26. The number of halogens is 5. The fourth-order valence-corrected chi connectivity index (χ4v) is 5.79. The number of hydrogen-bond donors (Lipinski definition) is 3. The Morgan fingerprint density at radius 2 is 1.79 bits per heavy atom. The summed E-state index contributed by atoms with van der Waals surface area (Å²) in [5.74, 6) is -2.33. The Morgan fingerprint density at radius 3 is 2.51 bits per heavy atom. The van der Waals surface area contributed by atoms with E-state index in [-0.39, 0.29) is 39.6 Å². The Labute approximate surface area is 222 Å². The van der Waals surface area contributed by atoms with Crippen molar-refractivity contribution in [3.63, 3.8) is 0 Å². The monoisotopic (exact) mass is 570 g/mol. The Bertz CT molecular complexity index is 1480. The molecule has 7 nitrogen and oxygen atoms in total. The van der Waals surface area contributed by atoms with Gasteiger partial charge < -0.3 is 10.6 Å². The highest BCUT2D eigenvalue weighted by Crippen LogP contribution is 2.34. The molecule has 13 heteroatoms. The van der Waals surface area contributed by atoms with Crippen LogP contribution in [-0.4, -0.2) is 37.1 Å². The van der Waals surface area contributed by atoms with Crippen molar-refractivity contribution in [2.45, 2.75) is 57.3 Å². The van der Waals surface area contributed by atoms with Gasteiger partial charge in [0, 0.05) is 28.8 Å². The molecule has 1 aliphatic rings. The number of alkyl halides is 3. The topological polar surface area (TPSA) is 100 Å². The smallest absolute Gasteiger partial charge is 0.382 e. The number of nitrogens with one attached hydrogen (secondary N) is 3. The molecule has 0 aliphatic heterocycles. The molecule has 0 spiro atoms. The second-order valence-corrected chi connectivity index (χ2v) is 11.3. The SMILES string of the molecule is CCCS(=O)(=O)Nc1ccc(F)c(C(=O)N[C@@H]2CCC[C@H](Nc3cc(C(F)(F)F)nc4ccc(F)cc34)C2)c1. The molecule has 0 radical (unpaired) electrons. The lowest BCUT2D eigenvalue weighted by Crippen LogP contribution is -2.42. The molecule has 0 bridgehead atoms. The van der Waals surface area contributed by atoms with Crippen LogP contribution in [-0.2, 0) is 16.2 Å². The summed E-state index contributed by atoms with van der Waals surface area (Å²) in [5.41, 5.74) is -1.35. The van der Waals surface area contributed by atoms with Gasteiger partial charge in [-0.15, -0.1) is 0 Å². The number of benzene rings is 2. The predicted octanol–water partition coefficient (Wildman–Crippen LogP) is 5.84. The summed E-state index contributed by atoms with van der Waals surface area (Å²) in [5, 5.41) is 5.99. The van der Waals surface area contributed by atoms with Crippen LogP contribution in [0.25, 0.3) is 10.9 Å². The third-order valence-electron chi connectivity index (χ3n) is 6.39. The maximum atomic E-state index is 14.5. The van der Waals surface area contributed by atoms with Gasteiger partial charge in [-0.25, -0.2) is 22.2 Å². The van der Waals surface area contributed by atoms with E-state index in [2.05, 4.69) is 20.3 Å². The molecular weight excluding hydrogens is 543 g/mol. The Hall–Kier alpha value is -3.48. The van der Waals surface area contributed by atoms with Crippen LogP contribution in [0.2, 0.25) is 0 Å². The first kappa shape index (κ1) is 28.5. The fraction of sp³-hybridized carbons (Fsp3) is 0.385. The second kappa shape index (κ2) is 11.3. The number of hydrogen-bond acceptors (Lipinski definition) is 5. The van der Waals surface area contributed by atoms with Gasteiger partial charge in [-0.1, -0.05) is 6.92 Å². The van der Waals surface area contributed by atoms with Crippen molar-refractivity contribution in [1.29, 1.82) is 0 Å². The molecule has 2 aromatic carbocycles. The Kier molecular flexibility index (Phi) is 8.28. The number of anilines is 2. The third-order valence-corrected chi connectivity index (χ3v) is 7.88. The number of rotatable bonds is 8. The summed E-state index contributed by atoms with van der Waals surface area (Å²) in [4.78, 5) is 16.5. The number of carbonyl (C=O) groups is 1. The number of carbonyl (C=O) groups excluding carboxylic acids is 1. The minimum atomic E-state index is -4.70. The summed E-state index contributed by atoms with van der Waals surface area (Å²) < 4.78 is 95.0. The molecule has 1 amide bonds. The molecule has 3 aromatic rings. The molecule has 1 aromatic heterocycles. The van der Waals surface area contributed by atoms with Gasteiger partial charge in [0.15, 0.2) is 0 Å². The number of nitrogens with zero attached hydrogens (tertiary/aromatic N) is 1. The van der Waals surface area contributed by atoms with Crippen molar-refractivity contribution in [1.82, 2.24) is 10.3 Å². The van der Waals surface area contributed by atoms with Crippen LogP contribution in [0.5, 0.6) is 0 Å². The molecule has 0 unspecified atom stereocenters. The van der Waals surface area contributed by atoms with Crippen molar-refractivity contribution >= 4 is 38.2 Å². The summed E-state index contributed by atoms with van der Waals surface area (Å²) in [7, 11) is -3.65. The number of sulfonamides is 1. The number of aromatic nitrogens is 1. The van der Waals surface area contributed by atoms with E-state index in [0.29, 0.717) is 32.1 Å². The largest absolute Gasteiger partial charge is 0.433 e. The van der Waals surface area contributed by atoms with Crippen LogP contribution in [0.3, 0.4) is 0 Å². The molecule has 210 valence electrons. The van der Waals surface area contributed by atoms with E-state index in [0.717, 1.165) is 30.3 Å². The van der Waals surface area contributed by atoms with E-state index >= 15 is 0 Å². The average molecular weight is 571 g/mol. The van der Waals surface area contributed by atoms with Crippen molar-refractivity contribution < 1.29 is 35.2 Å². The lowest BCUT2D eigenvalue weighted by atomic mass is 9.90. The van der Waals surface area contributed by atoms with E-state index in [1.165, 1.54) is 12.1 Å². The summed E-state index contributed by atoms with van der Waals surface area (Å²) in [6, 6.07) is 6.70. The van der Waals surface area contributed by atoms with E-state index in [4.69, 9.17) is 0 Å². The third kappa shape index (κ3) is 7.14. The number of fused-ring (bicyclic) bond motifs is 1. The molecule has 2 atom stereocenters. The predicted molar refractivity (Wildman–Crippen MR) is 138 cm³/mol. The second-order valence-electron chi connectivity index (χ2n) is 9.51. The molecule has 1 aliphatic carbocycles. The first-order valence-electron chi connectivity index (χ1n) is 12.4. The van der Waals surface area contributed by atoms with Gasteiger partial charge in [-0.3, -0.25) is 9.52 Å². The molecule has 39 heavy (non-hydrogen) atoms. The zero-order chi connectivity index (χ0) is 28.4. The highest BCUT2D eigenvalue weighted by Gasteiger charge is 2.34. The van der Waals surface area contributed by atoms with Gasteiger partial charge in [-0.05, 0) is 74.6 Å². The zero-order valence-corrected chi connectivity index (χ0v) is 21.7. The Balaban J connectivity index is 1.50. The highest BCUT2D eigenvalue weighted by atomic mass is 32.2. The van der Waals surface area contributed by atoms with Gasteiger partial charge in [0.1, 0.15) is 17.3 Å². The van der Waals surface area contributed by atoms with Crippen molar-refractivity contribution in [2.24, 2.45) is 0 Å². The van der Waals surface area contributed by atoms with E-state index in [1.54, 1.807) is 6.92 Å². The number of amides is 1. The van der Waals surface area contributed by atoms with Crippen LogP contribution in [0, 0.1) is 11.6 Å². The Morgan fingerprint density at radius 1 is 1.05 bits per heavy atom. The van der Waals surface area contributed by atoms with Crippen LogP contribution in [0.4, 0.5) is 33.3 Å². The first-order valence-corrected chi connectivity index (χ1v) is 14.0. The maximum Gasteiger partial charge on any atom is 0.433 e. The van der Waals surface area contributed by atoms with Crippen LogP contribution >= 0.6 is 0 Å². The molecular formula is C26H27F5N4O3S. The van der Waals surface area contributed by atoms with Crippen LogP contribution < -0.4 is 15.4 Å². The number of pyridine rings is 1. The fourth-order valence-electron chi connectivity index (χ4n) is 4.66. The maximum absolute atomic E-state index is 14.5. The lowest BCUT2D eigenvalue weighted by molar-refractivity contribution is -0.140. The minimum Gasteiger partial charge on any atom is -0.382 e. The van der Waals surface area contributed by atoms with E-state index in [9.17, 15) is 35.2 Å². The van der Waals surface area contributed by atoms with Gasteiger partial charge in [-0.2, -0.15) is 13.2 Å². The molecule has 4 rings (SSSR count). The zero-order valence-electron chi connectivity index (χ0n) is 20.9. The minimum absolute atomic E-state index is 0.0145. The standard InChI is InChI=1S/C26H27F5N4O3S/c1-2-10-39(37,38)35-18-7-8-21(28)19(13-18)25(36)33-17-5-3-4-16(12-17)32-23-14-24(26(29,30)31)34-22-9-6-15(27)11-20(22)23/h6-9,11,13-14,16-17,35H,2-5,10,12H2,1H3,(H,32,34)(H,33,36)/t16-,17+/m0/s1. The molecule has 3 N–H and O–H groups in total. The summed E-state index contributed by atoms with van der Waals surface area (Å²) >= 11 is 0. The van der Waals surface area contributed by atoms with Gasteiger partial charge >= 0.3 is 6.18 Å². The molecule has 1 heterocycles. The normalized spacial score (nSPS) is 18.1. The summed E-state index contributed by atoms with van der Waals surface area (Å²) in [6.45, 7) is 1.69. The van der Waals surface area contributed by atoms with Gasteiger partial charge in [0.25, 0.3) is 5.91 Å². The quantitative estimate of drug-likeness (QED) is 0.296. The van der Waals surface area contributed by atoms with Crippen molar-refractivity contribution in [3.05, 3.63) is 65.4 Å². The van der Waals surface area contributed by atoms with E-state index < -0.39 is 45.5 Å². The van der Waals surface area contributed by atoms with Gasteiger partial charge in [0.05, 0.1) is 16.8 Å². The highest BCUT2D eigenvalue weighted by molar-refractivity contribution is 7.92. The lowest BCUT2D eigenvalue weighted by Gasteiger charge is -2.31. The molecule has 0 saturated heterocycles. The molecule has 1 fully saturated rings. The first-order chi connectivity index (χ1) is 18.3. The van der Waals surface area contributed by atoms with E-state index in [1.807, 2.05) is 0 Å². The van der Waals surface area contributed by atoms with Gasteiger partial charge in [0.2, 0.25) is 10.0 Å². The van der Waals surface area contributed by atoms with Crippen LogP contribution in [0.1, 0.15) is 55.1 Å². The van der Waals surface area contributed by atoms with Crippen LogP contribution in [0.15, 0.2) is 42.5 Å². The molecule has 1 saturated carbocycles.